The van der Waals surface area contributed by atoms with Crippen molar-refractivity contribution < 1.29 is 13.9 Å². The van der Waals surface area contributed by atoms with Crippen molar-refractivity contribution in [3.63, 3.8) is 0 Å². The van der Waals surface area contributed by atoms with E-state index >= 15 is 0 Å². The lowest BCUT2D eigenvalue weighted by atomic mass is 9.90. The molecule has 17 heavy (non-hydrogen) atoms. The molecule has 0 radical (unpaired) electrons. The molecule has 0 aliphatic carbocycles. The standard InChI is InChI=1S/C11H14FN3O2/c12-8-5-9(7-14-6-8)15-10(16)11(13)1-3-17-4-2-11/h5-7H,1-4,13H2,(H,15,16). The summed E-state index contributed by atoms with van der Waals surface area (Å²) in [5.74, 6) is -0.825. The number of hydrogen-bond acceptors (Lipinski definition) is 4. The molecule has 92 valence electrons. The van der Waals surface area contributed by atoms with E-state index in [0.717, 1.165) is 6.20 Å². The first-order chi connectivity index (χ1) is 8.10. The largest absolute Gasteiger partial charge is 0.381 e. The van der Waals surface area contributed by atoms with E-state index in [4.69, 9.17) is 10.5 Å². The molecule has 3 N–H and O–H groups in total. The molecule has 0 spiro atoms. The SMILES string of the molecule is NC1(C(=O)Nc2cncc(F)c2)CCOCC1. The summed E-state index contributed by atoms with van der Waals surface area (Å²) in [6.45, 7) is 0.927. The predicted octanol–water partition coefficient (Wildman–Crippen LogP) is 0.667. The van der Waals surface area contributed by atoms with Crippen molar-refractivity contribution in [1.82, 2.24) is 4.98 Å². The van der Waals surface area contributed by atoms with Gasteiger partial charge < -0.3 is 15.8 Å². The van der Waals surface area contributed by atoms with Crippen molar-refractivity contribution in [1.29, 1.82) is 0 Å². The Morgan fingerprint density at radius 2 is 2.18 bits per heavy atom. The lowest BCUT2D eigenvalue weighted by Crippen LogP contribution is -2.54. The number of carbonyl (C=O) groups is 1. The number of carbonyl (C=O) groups excluding carboxylic acids is 1. The Labute approximate surface area is 98.2 Å². The zero-order chi connectivity index (χ0) is 12.3. The third-order valence-electron chi connectivity index (χ3n) is 2.80. The molecule has 1 amide bonds. The highest BCUT2D eigenvalue weighted by atomic mass is 19.1. The van der Waals surface area contributed by atoms with Gasteiger partial charge in [0.2, 0.25) is 5.91 Å². The number of rotatable bonds is 2. The fourth-order valence-electron chi connectivity index (χ4n) is 1.70. The Balaban J connectivity index is 2.05. The minimum absolute atomic E-state index is 0.311. The van der Waals surface area contributed by atoms with Crippen LogP contribution >= 0.6 is 0 Å². The number of nitrogens with two attached hydrogens (primary N) is 1. The van der Waals surface area contributed by atoms with E-state index in [-0.39, 0.29) is 5.91 Å². The van der Waals surface area contributed by atoms with E-state index < -0.39 is 11.4 Å². The van der Waals surface area contributed by atoms with Crippen LogP contribution in [-0.4, -0.2) is 29.6 Å². The highest BCUT2D eigenvalue weighted by molar-refractivity contribution is 5.97. The van der Waals surface area contributed by atoms with Crippen LogP contribution in [0.1, 0.15) is 12.8 Å². The molecule has 0 unspecified atom stereocenters. The van der Waals surface area contributed by atoms with Crippen molar-refractivity contribution in [2.45, 2.75) is 18.4 Å². The number of aromatic nitrogens is 1. The van der Waals surface area contributed by atoms with E-state index in [2.05, 4.69) is 10.3 Å². The molecule has 0 saturated carbocycles. The molecule has 6 heteroatoms. The van der Waals surface area contributed by atoms with Gasteiger partial charge in [-0.15, -0.1) is 0 Å². The minimum atomic E-state index is -0.940. The van der Waals surface area contributed by atoms with E-state index in [1.54, 1.807) is 0 Å². The van der Waals surface area contributed by atoms with Crippen molar-refractivity contribution in [2.24, 2.45) is 5.73 Å². The third kappa shape index (κ3) is 2.78. The van der Waals surface area contributed by atoms with Gasteiger partial charge in [0, 0.05) is 19.3 Å². The Kier molecular flexibility index (Phi) is 3.35. The van der Waals surface area contributed by atoms with Gasteiger partial charge in [-0.25, -0.2) is 4.39 Å². The molecule has 0 bridgehead atoms. The van der Waals surface area contributed by atoms with Crippen LogP contribution in [0.2, 0.25) is 0 Å². The molecule has 2 heterocycles. The van der Waals surface area contributed by atoms with Crippen LogP contribution < -0.4 is 11.1 Å². The van der Waals surface area contributed by atoms with Crippen LogP contribution in [0.15, 0.2) is 18.5 Å². The summed E-state index contributed by atoms with van der Waals surface area (Å²) >= 11 is 0. The summed E-state index contributed by atoms with van der Waals surface area (Å²) in [5.41, 5.74) is 5.35. The molecule has 1 fully saturated rings. The second kappa shape index (κ2) is 4.77. The van der Waals surface area contributed by atoms with Crippen LogP contribution in [0, 0.1) is 5.82 Å². The summed E-state index contributed by atoms with van der Waals surface area (Å²) in [5, 5.41) is 2.57. The monoisotopic (exact) mass is 239 g/mol. The molecule has 2 rings (SSSR count). The molecule has 1 aromatic heterocycles. The number of anilines is 1. The van der Waals surface area contributed by atoms with Gasteiger partial charge in [0.15, 0.2) is 0 Å². The maximum atomic E-state index is 12.9. The number of nitrogens with one attached hydrogen (secondary N) is 1. The molecule has 5 nitrogen and oxygen atoms in total. The number of ether oxygens (including phenoxy) is 1. The van der Waals surface area contributed by atoms with Crippen LogP contribution in [0.4, 0.5) is 10.1 Å². The van der Waals surface area contributed by atoms with Gasteiger partial charge in [-0.1, -0.05) is 0 Å². The fourth-order valence-corrected chi connectivity index (χ4v) is 1.70. The molecule has 1 aromatic rings. The number of pyridine rings is 1. The quantitative estimate of drug-likeness (QED) is 0.795. The summed E-state index contributed by atoms with van der Waals surface area (Å²) < 4.78 is 18.0. The average Bonchev–Trinajstić information content (AvgIpc) is 2.30. The maximum absolute atomic E-state index is 12.9. The van der Waals surface area contributed by atoms with Gasteiger partial charge in [0.05, 0.1) is 18.1 Å². The van der Waals surface area contributed by atoms with Crippen molar-refractivity contribution in [2.75, 3.05) is 18.5 Å². The number of nitrogens with zero attached hydrogens (tertiary/aromatic N) is 1. The maximum Gasteiger partial charge on any atom is 0.244 e. The van der Waals surface area contributed by atoms with Crippen molar-refractivity contribution in [3.8, 4) is 0 Å². The zero-order valence-corrected chi connectivity index (χ0v) is 9.28. The second-order valence-corrected chi connectivity index (χ2v) is 4.11. The molecule has 0 aromatic carbocycles. The van der Waals surface area contributed by atoms with E-state index in [1.807, 2.05) is 0 Å². The van der Waals surface area contributed by atoms with Gasteiger partial charge in [0.25, 0.3) is 0 Å². The molecule has 1 saturated heterocycles. The summed E-state index contributed by atoms with van der Waals surface area (Å²) in [7, 11) is 0. The van der Waals surface area contributed by atoms with Crippen LogP contribution in [0.3, 0.4) is 0 Å². The predicted molar refractivity (Wildman–Crippen MR) is 59.8 cm³/mol. The van der Waals surface area contributed by atoms with E-state index in [0.29, 0.717) is 31.7 Å². The molecular formula is C11H14FN3O2. The first kappa shape index (κ1) is 11.9. The van der Waals surface area contributed by atoms with Crippen LogP contribution in [0.5, 0.6) is 0 Å². The Morgan fingerprint density at radius 3 is 2.82 bits per heavy atom. The van der Waals surface area contributed by atoms with Crippen LogP contribution in [0.25, 0.3) is 0 Å². The number of hydrogen-bond donors (Lipinski definition) is 2. The summed E-state index contributed by atoms with van der Waals surface area (Å²) in [6.07, 6.45) is 3.37. The van der Waals surface area contributed by atoms with Gasteiger partial charge >= 0.3 is 0 Å². The van der Waals surface area contributed by atoms with Crippen LogP contribution in [-0.2, 0) is 9.53 Å². The van der Waals surface area contributed by atoms with Gasteiger partial charge in [-0.3, -0.25) is 9.78 Å². The summed E-state index contributed by atoms with van der Waals surface area (Å²) in [4.78, 5) is 15.6. The first-order valence-corrected chi connectivity index (χ1v) is 5.39. The molecule has 1 aliphatic rings. The minimum Gasteiger partial charge on any atom is -0.381 e. The third-order valence-corrected chi connectivity index (χ3v) is 2.80. The number of halogens is 1. The lowest BCUT2D eigenvalue weighted by molar-refractivity contribution is -0.124. The van der Waals surface area contributed by atoms with Crippen molar-refractivity contribution in [3.05, 3.63) is 24.3 Å². The smallest absolute Gasteiger partial charge is 0.244 e. The Hall–Kier alpha value is -1.53. The Morgan fingerprint density at radius 1 is 1.47 bits per heavy atom. The number of amides is 1. The average molecular weight is 239 g/mol. The fraction of sp³-hybridized carbons (Fsp3) is 0.455. The Bertz CT molecular complexity index is 419. The van der Waals surface area contributed by atoms with E-state index in [9.17, 15) is 9.18 Å². The highest BCUT2D eigenvalue weighted by Gasteiger charge is 2.35. The molecule has 1 aliphatic heterocycles. The highest BCUT2D eigenvalue weighted by Crippen LogP contribution is 2.20. The van der Waals surface area contributed by atoms with Gasteiger partial charge in [0.1, 0.15) is 11.4 Å². The van der Waals surface area contributed by atoms with Gasteiger partial charge in [-0.2, -0.15) is 0 Å². The second-order valence-electron chi connectivity index (χ2n) is 4.11. The first-order valence-electron chi connectivity index (χ1n) is 5.39. The zero-order valence-electron chi connectivity index (χ0n) is 9.28. The topological polar surface area (TPSA) is 77.2 Å². The van der Waals surface area contributed by atoms with Crippen molar-refractivity contribution >= 4 is 11.6 Å². The summed E-state index contributed by atoms with van der Waals surface area (Å²) in [6, 6.07) is 1.20. The van der Waals surface area contributed by atoms with Gasteiger partial charge in [-0.05, 0) is 12.8 Å². The molecule has 0 atom stereocenters. The molecular weight excluding hydrogens is 225 g/mol. The van der Waals surface area contributed by atoms with E-state index in [1.165, 1.54) is 12.3 Å². The normalized spacial score (nSPS) is 18.7. The lowest BCUT2D eigenvalue weighted by Gasteiger charge is -2.31.